The predicted molar refractivity (Wildman–Crippen MR) is 118 cm³/mol. The van der Waals surface area contributed by atoms with Crippen molar-refractivity contribution in [1.29, 1.82) is 0 Å². The van der Waals surface area contributed by atoms with Crippen LogP contribution in [0.3, 0.4) is 0 Å². The molecule has 6 unspecified atom stereocenters. The molecule has 0 radical (unpaired) electrons. The Balaban J connectivity index is 0.00000114. The predicted octanol–water partition coefficient (Wildman–Crippen LogP) is 8.03. The molecule has 2 fully saturated rings. The van der Waals surface area contributed by atoms with Gasteiger partial charge in [-0.15, -0.1) is 12.1 Å². The van der Waals surface area contributed by atoms with Crippen molar-refractivity contribution in [2.45, 2.75) is 92.2 Å². The first-order valence-corrected chi connectivity index (χ1v) is 15.4. The molecule has 2 aliphatic rings. The molecule has 0 aromatic carbocycles. The molecule has 0 aromatic rings. The second-order valence-electron chi connectivity index (χ2n) is 9.50. The van der Waals surface area contributed by atoms with Crippen molar-refractivity contribution < 1.29 is 17.0 Å². The average molecular weight is 453 g/mol. The number of hydrogen-bond acceptors (Lipinski definition) is 0. The molecule has 2 rings (SSSR count). The van der Waals surface area contributed by atoms with Gasteiger partial charge in [-0.25, -0.2) is 0 Å². The van der Waals surface area contributed by atoms with Gasteiger partial charge in [0.15, 0.2) is 0 Å². The summed E-state index contributed by atoms with van der Waals surface area (Å²) in [7, 11) is 9.78. The van der Waals surface area contributed by atoms with E-state index in [0.717, 1.165) is 48.6 Å². The van der Waals surface area contributed by atoms with Gasteiger partial charge in [0.25, 0.3) is 0 Å². The van der Waals surface area contributed by atoms with Crippen molar-refractivity contribution in [1.82, 2.24) is 0 Å². The van der Waals surface area contributed by atoms with Crippen LogP contribution in [-0.2, 0) is 17.0 Å². The quantitative estimate of drug-likeness (QED) is 0.276. The van der Waals surface area contributed by atoms with E-state index in [9.17, 15) is 0 Å². The summed E-state index contributed by atoms with van der Waals surface area (Å²) in [6.45, 7) is 16.3. The molecule has 0 spiro atoms. The molecule has 2 nitrogen and oxygen atoms in total. The van der Waals surface area contributed by atoms with Crippen LogP contribution in [0.5, 0.6) is 0 Å². The van der Waals surface area contributed by atoms with Crippen LogP contribution < -0.4 is 0 Å². The molecule has 0 aromatic heterocycles. The van der Waals surface area contributed by atoms with E-state index < -0.39 is 17.0 Å². The van der Waals surface area contributed by atoms with Crippen LogP contribution in [0.4, 0.5) is 0 Å². The van der Waals surface area contributed by atoms with Crippen molar-refractivity contribution in [3.8, 4) is 0 Å². The molecule has 0 aliphatic heterocycles. The Bertz CT molecular complexity index is 347. The van der Waals surface area contributed by atoms with Crippen molar-refractivity contribution in [3.05, 3.63) is 10.6 Å². The molecule has 0 heterocycles. The topological polar surface area (TPSA) is 28.2 Å². The normalized spacial score (nSPS) is 34.3. The summed E-state index contributed by atoms with van der Waals surface area (Å²) < 4.78 is 0. The molecule has 160 valence electrons. The van der Waals surface area contributed by atoms with Crippen LogP contribution >= 0.6 is 18.6 Å². The van der Waals surface area contributed by atoms with E-state index in [1.807, 2.05) is 0 Å². The minimum absolute atomic E-state index is 0.556. The third-order valence-electron chi connectivity index (χ3n) is 6.93. The standard InChI is InChI=1S/C22H42N2.2ClH.Ti/c1-15(2)19-11-7-9-17(5)21(19)23-13-14-24-22-18(6)10-8-12-20(22)16(3)4;;;/h15-22H,7-14H2,1-6H3;2*1H;/q-2;;;+2/p-2. The van der Waals surface area contributed by atoms with Gasteiger partial charge in [0.2, 0.25) is 0 Å². The van der Waals surface area contributed by atoms with Crippen molar-refractivity contribution in [2.24, 2.45) is 35.5 Å². The van der Waals surface area contributed by atoms with E-state index in [-0.39, 0.29) is 0 Å². The van der Waals surface area contributed by atoms with E-state index in [2.05, 4.69) is 41.5 Å². The van der Waals surface area contributed by atoms with E-state index in [4.69, 9.17) is 29.2 Å². The van der Waals surface area contributed by atoms with Gasteiger partial charge in [-0.1, -0.05) is 104 Å². The first kappa shape index (κ1) is 26.2. The first-order chi connectivity index (χ1) is 12.8. The molecule has 0 amide bonds. The zero-order valence-corrected chi connectivity index (χ0v) is 21.5. The summed E-state index contributed by atoms with van der Waals surface area (Å²) in [6, 6.07) is 1.16. The van der Waals surface area contributed by atoms with Gasteiger partial charge in [-0.05, 0) is 11.8 Å². The van der Waals surface area contributed by atoms with Crippen LogP contribution in [-0.4, -0.2) is 25.2 Å². The maximum absolute atomic E-state index is 5.15. The van der Waals surface area contributed by atoms with Gasteiger partial charge in [0.05, 0.1) is 0 Å². The molecular weight excluding hydrogens is 411 g/mol. The fourth-order valence-electron chi connectivity index (χ4n) is 5.38. The van der Waals surface area contributed by atoms with E-state index in [0.29, 0.717) is 12.1 Å². The summed E-state index contributed by atoms with van der Waals surface area (Å²) in [6.07, 6.45) is 8.28. The second kappa shape index (κ2) is 14.3. The first-order valence-electron chi connectivity index (χ1n) is 11.1. The van der Waals surface area contributed by atoms with Crippen molar-refractivity contribution in [2.75, 3.05) is 13.1 Å². The number of hydrogen-bond donors (Lipinski definition) is 0. The third kappa shape index (κ3) is 8.85. The molecule has 0 N–H and O–H groups in total. The van der Waals surface area contributed by atoms with Crippen molar-refractivity contribution in [3.63, 3.8) is 0 Å². The average Bonchev–Trinajstić information content (AvgIpc) is 2.61. The molecule has 2 aliphatic carbocycles. The number of nitrogens with zero attached hydrogens (tertiary/aromatic N) is 2. The summed E-state index contributed by atoms with van der Waals surface area (Å²) in [4.78, 5) is 0. The molecule has 0 saturated heterocycles. The Hall–Kier alpha value is 1.21. The molecular formula is C22H42Cl2N2Ti-2. The minimum atomic E-state index is -0.556. The van der Waals surface area contributed by atoms with Crippen LogP contribution in [0.1, 0.15) is 80.1 Å². The summed E-state index contributed by atoms with van der Waals surface area (Å²) in [5.41, 5.74) is 0. The zero-order valence-electron chi connectivity index (χ0n) is 18.4. The fourth-order valence-corrected chi connectivity index (χ4v) is 5.38. The summed E-state index contributed by atoms with van der Waals surface area (Å²) in [5, 5.41) is 10.3. The number of rotatable bonds is 7. The van der Waals surface area contributed by atoms with Crippen LogP contribution in [0.2, 0.25) is 0 Å². The van der Waals surface area contributed by atoms with Gasteiger partial charge in [0.1, 0.15) is 0 Å². The van der Waals surface area contributed by atoms with Crippen LogP contribution in [0.25, 0.3) is 10.6 Å². The van der Waals surface area contributed by atoms with Gasteiger partial charge >= 0.3 is 35.6 Å². The Kier molecular flexibility index (Phi) is 13.9. The van der Waals surface area contributed by atoms with E-state index in [1.165, 1.54) is 38.5 Å². The summed E-state index contributed by atoms with van der Waals surface area (Å²) >= 11 is -0.556. The molecule has 2 saturated carbocycles. The van der Waals surface area contributed by atoms with E-state index >= 15 is 0 Å². The molecule has 6 atom stereocenters. The fraction of sp³-hybridized carbons (Fsp3) is 1.00. The molecule has 27 heavy (non-hydrogen) atoms. The monoisotopic (exact) mass is 452 g/mol. The van der Waals surface area contributed by atoms with Gasteiger partial charge in [-0.2, -0.15) is 13.1 Å². The SMILES string of the molecule is CC(C)C1CCCC(C)C1[N-]CC[N-]C1C(C)CCCC1C(C)C.[Cl][Ti][Cl]. The Morgan fingerprint density at radius 2 is 1.07 bits per heavy atom. The van der Waals surface area contributed by atoms with Crippen LogP contribution in [0.15, 0.2) is 0 Å². The van der Waals surface area contributed by atoms with Crippen molar-refractivity contribution >= 4 is 18.6 Å². The Morgan fingerprint density at radius 3 is 1.37 bits per heavy atom. The Morgan fingerprint density at radius 1 is 0.741 bits per heavy atom. The Labute approximate surface area is 186 Å². The molecule has 5 heteroatoms. The van der Waals surface area contributed by atoms with Gasteiger partial charge in [-0.3, -0.25) is 0 Å². The van der Waals surface area contributed by atoms with E-state index in [1.54, 1.807) is 0 Å². The number of halogens is 2. The molecule has 0 bridgehead atoms. The zero-order chi connectivity index (χ0) is 20.4. The van der Waals surface area contributed by atoms with Gasteiger partial charge in [0, 0.05) is 0 Å². The summed E-state index contributed by atoms with van der Waals surface area (Å²) in [5.74, 6) is 4.66. The second-order valence-corrected chi connectivity index (χ2v) is 12.1. The van der Waals surface area contributed by atoms with Gasteiger partial charge < -0.3 is 10.6 Å². The van der Waals surface area contributed by atoms with Crippen LogP contribution in [0, 0.1) is 35.5 Å². The third-order valence-corrected chi connectivity index (χ3v) is 6.93. The maximum atomic E-state index is 5.15.